The average Bonchev–Trinajstić information content (AvgIpc) is 2.45. The highest BCUT2D eigenvalue weighted by molar-refractivity contribution is 5.90. The number of hydrogen-bond donors (Lipinski definition) is 4. The van der Waals surface area contributed by atoms with Gasteiger partial charge < -0.3 is 21.5 Å². The summed E-state index contributed by atoms with van der Waals surface area (Å²) >= 11 is 0. The third-order valence-electron chi connectivity index (χ3n) is 2.98. The Morgan fingerprint density at radius 3 is 2.35 bits per heavy atom. The summed E-state index contributed by atoms with van der Waals surface area (Å²) in [6.07, 6.45) is -0.615. The van der Waals surface area contributed by atoms with E-state index >= 15 is 0 Å². The molecule has 6 heteroatoms. The topological polar surface area (TPSA) is 104 Å². The number of nitrogens with one attached hydrogen (secondary N) is 2. The first-order chi connectivity index (χ1) is 9.45. The molecule has 0 aromatic heterocycles. The van der Waals surface area contributed by atoms with Crippen LogP contribution in [-0.4, -0.2) is 42.2 Å². The number of likely N-dealkylation sites (N-methyl/N-ethyl adjacent to an activating group) is 1. The Balaban J connectivity index is 2.75. The van der Waals surface area contributed by atoms with Crippen LogP contribution in [0.3, 0.4) is 0 Å². The molecule has 0 saturated carbocycles. The van der Waals surface area contributed by atoms with Crippen LogP contribution in [0.2, 0.25) is 0 Å². The van der Waals surface area contributed by atoms with Crippen molar-refractivity contribution in [2.24, 2.45) is 5.73 Å². The summed E-state index contributed by atoms with van der Waals surface area (Å²) in [6.45, 7) is 1.43. The lowest BCUT2D eigenvalue weighted by Gasteiger charge is -2.21. The first-order valence-electron chi connectivity index (χ1n) is 6.45. The zero-order valence-electron chi connectivity index (χ0n) is 11.7. The van der Waals surface area contributed by atoms with Gasteiger partial charge in [-0.3, -0.25) is 9.59 Å². The Hall–Kier alpha value is -1.92. The molecular weight excluding hydrogens is 258 g/mol. The van der Waals surface area contributed by atoms with E-state index in [1.54, 1.807) is 0 Å². The van der Waals surface area contributed by atoms with Crippen LogP contribution in [0.15, 0.2) is 30.3 Å². The van der Waals surface area contributed by atoms with Gasteiger partial charge in [0.2, 0.25) is 11.8 Å². The third kappa shape index (κ3) is 4.64. The van der Waals surface area contributed by atoms with E-state index in [9.17, 15) is 14.7 Å². The first-order valence-corrected chi connectivity index (χ1v) is 6.45. The normalized spacial score (nSPS) is 15.0. The molecule has 0 heterocycles. The number of aliphatic hydroxyl groups is 1. The van der Waals surface area contributed by atoms with Gasteiger partial charge in [0, 0.05) is 13.5 Å². The molecule has 2 amide bonds. The van der Waals surface area contributed by atoms with E-state index in [1.807, 2.05) is 30.3 Å². The van der Waals surface area contributed by atoms with Crippen molar-refractivity contribution in [1.29, 1.82) is 0 Å². The Bertz CT molecular complexity index is 448. The van der Waals surface area contributed by atoms with Gasteiger partial charge in [-0.2, -0.15) is 0 Å². The largest absolute Gasteiger partial charge is 0.391 e. The molecule has 0 aliphatic heterocycles. The summed E-state index contributed by atoms with van der Waals surface area (Å²) in [5.74, 6) is -0.857. The number of benzene rings is 1. The van der Waals surface area contributed by atoms with Gasteiger partial charge in [0.1, 0.15) is 12.1 Å². The molecule has 20 heavy (non-hydrogen) atoms. The predicted octanol–water partition coefficient (Wildman–Crippen LogP) is -0.832. The van der Waals surface area contributed by atoms with Crippen molar-refractivity contribution in [3.8, 4) is 0 Å². The van der Waals surface area contributed by atoms with Gasteiger partial charge >= 0.3 is 0 Å². The van der Waals surface area contributed by atoms with Crippen molar-refractivity contribution in [3.05, 3.63) is 35.9 Å². The molecule has 6 nitrogen and oxygen atoms in total. The molecule has 110 valence electrons. The summed E-state index contributed by atoms with van der Waals surface area (Å²) in [6, 6.07) is 7.56. The molecule has 0 fully saturated rings. The molecule has 0 aliphatic carbocycles. The minimum absolute atomic E-state index is 0.306. The second-order valence-corrected chi connectivity index (χ2v) is 4.63. The highest BCUT2D eigenvalue weighted by Gasteiger charge is 2.25. The average molecular weight is 279 g/mol. The lowest BCUT2D eigenvalue weighted by atomic mass is 10.0. The summed E-state index contributed by atoms with van der Waals surface area (Å²) in [7, 11) is 1.50. The molecule has 0 bridgehead atoms. The molecule has 1 rings (SSSR count). The Morgan fingerprint density at radius 1 is 1.25 bits per heavy atom. The third-order valence-corrected chi connectivity index (χ3v) is 2.98. The van der Waals surface area contributed by atoms with Gasteiger partial charge in [-0.25, -0.2) is 0 Å². The lowest BCUT2D eigenvalue weighted by molar-refractivity contribution is -0.130. The van der Waals surface area contributed by atoms with Crippen molar-refractivity contribution < 1.29 is 14.7 Å². The van der Waals surface area contributed by atoms with Crippen LogP contribution in [0.1, 0.15) is 12.5 Å². The Labute approximate surface area is 118 Å². The van der Waals surface area contributed by atoms with Gasteiger partial charge in [-0.1, -0.05) is 30.3 Å². The predicted molar refractivity (Wildman–Crippen MR) is 75.8 cm³/mol. The molecule has 1 aromatic rings. The quantitative estimate of drug-likeness (QED) is 0.545. The molecule has 0 aliphatic rings. The summed E-state index contributed by atoms with van der Waals surface area (Å²) < 4.78 is 0. The number of rotatable bonds is 6. The van der Waals surface area contributed by atoms with E-state index in [0.29, 0.717) is 6.42 Å². The van der Waals surface area contributed by atoms with E-state index in [1.165, 1.54) is 14.0 Å². The minimum atomic E-state index is -1.06. The van der Waals surface area contributed by atoms with Crippen molar-refractivity contribution in [2.75, 3.05) is 7.05 Å². The molecule has 5 N–H and O–H groups in total. The van der Waals surface area contributed by atoms with Crippen LogP contribution in [-0.2, 0) is 16.0 Å². The van der Waals surface area contributed by atoms with Gasteiger partial charge in [0.25, 0.3) is 0 Å². The number of carbonyl (C=O) groups is 2. The fraction of sp³-hybridized carbons (Fsp3) is 0.429. The summed E-state index contributed by atoms with van der Waals surface area (Å²) in [5.41, 5.74) is 6.47. The molecule has 3 atom stereocenters. The van der Waals surface area contributed by atoms with Gasteiger partial charge in [-0.15, -0.1) is 0 Å². The van der Waals surface area contributed by atoms with Crippen molar-refractivity contribution in [1.82, 2.24) is 10.6 Å². The van der Waals surface area contributed by atoms with Crippen LogP contribution in [0.5, 0.6) is 0 Å². The van der Waals surface area contributed by atoms with E-state index < -0.39 is 24.1 Å². The number of aliphatic hydroxyl groups excluding tert-OH is 1. The van der Waals surface area contributed by atoms with Crippen LogP contribution in [0.25, 0.3) is 0 Å². The zero-order valence-corrected chi connectivity index (χ0v) is 11.7. The number of amides is 2. The van der Waals surface area contributed by atoms with Gasteiger partial charge in [0.15, 0.2) is 0 Å². The number of nitrogens with two attached hydrogens (primary N) is 1. The Morgan fingerprint density at radius 2 is 1.85 bits per heavy atom. The monoisotopic (exact) mass is 279 g/mol. The van der Waals surface area contributed by atoms with Crippen LogP contribution >= 0.6 is 0 Å². The smallest absolute Gasteiger partial charge is 0.242 e. The molecule has 1 aromatic carbocycles. The summed E-state index contributed by atoms with van der Waals surface area (Å²) in [4.78, 5) is 23.6. The zero-order chi connectivity index (χ0) is 15.1. The van der Waals surface area contributed by atoms with Crippen LogP contribution < -0.4 is 16.4 Å². The SMILES string of the molecule is CNC(=O)[C@H](Cc1ccccc1)NC(=O)[C@@H](N)C(C)O. The van der Waals surface area contributed by atoms with Crippen LogP contribution in [0, 0.1) is 0 Å². The van der Waals surface area contributed by atoms with Gasteiger partial charge in [-0.05, 0) is 12.5 Å². The maximum absolute atomic E-state index is 11.8. The molecule has 1 unspecified atom stereocenters. The maximum atomic E-state index is 11.8. The standard InChI is InChI=1S/C14H21N3O3/c1-9(18)12(15)14(20)17-11(13(19)16-2)8-10-6-4-3-5-7-10/h3-7,9,11-12,18H,8,15H2,1-2H3,(H,16,19)(H,17,20)/t9?,11-,12-/m0/s1. The number of carbonyl (C=O) groups excluding carboxylic acids is 2. The lowest BCUT2D eigenvalue weighted by Crippen LogP contribution is -2.54. The highest BCUT2D eigenvalue weighted by Crippen LogP contribution is 2.04. The van der Waals surface area contributed by atoms with E-state index in [-0.39, 0.29) is 5.91 Å². The van der Waals surface area contributed by atoms with E-state index in [4.69, 9.17) is 5.73 Å². The van der Waals surface area contributed by atoms with Crippen molar-refractivity contribution >= 4 is 11.8 Å². The van der Waals surface area contributed by atoms with Crippen molar-refractivity contribution in [2.45, 2.75) is 31.5 Å². The highest BCUT2D eigenvalue weighted by atomic mass is 16.3. The molecule has 0 spiro atoms. The Kier molecular flexibility index (Phi) is 6.14. The second-order valence-electron chi connectivity index (χ2n) is 4.63. The summed E-state index contributed by atoms with van der Waals surface area (Å²) in [5, 5.41) is 14.4. The fourth-order valence-electron chi connectivity index (χ4n) is 1.72. The first kappa shape index (κ1) is 16.1. The van der Waals surface area contributed by atoms with Crippen molar-refractivity contribution in [3.63, 3.8) is 0 Å². The molecule has 0 saturated heterocycles. The van der Waals surface area contributed by atoms with E-state index in [2.05, 4.69) is 10.6 Å². The maximum Gasteiger partial charge on any atom is 0.242 e. The molecule has 0 radical (unpaired) electrons. The molecular formula is C14H21N3O3. The van der Waals surface area contributed by atoms with Gasteiger partial charge in [0.05, 0.1) is 6.10 Å². The number of hydrogen-bond acceptors (Lipinski definition) is 4. The van der Waals surface area contributed by atoms with Crippen LogP contribution in [0.4, 0.5) is 0 Å². The fourth-order valence-corrected chi connectivity index (χ4v) is 1.72. The minimum Gasteiger partial charge on any atom is -0.391 e. The second kappa shape index (κ2) is 7.62. The van der Waals surface area contributed by atoms with E-state index in [0.717, 1.165) is 5.56 Å².